The van der Waals surface area contributed by atoms with Crippen molar-refractivity contribution in [1.82, 2.24) is 5.32 Å². The fraction of sp³-hybridized carbons (Fsp3) is 0.966. The van der Waals surface area contributed by atoms with Crippen LogP contribution in [0.25, 0.3) is 0 Å². The standard InChI is InChI=1S/C59H119NO9Si2/c1-10-13-16-19-22-24-25-26-27-28-30-32-35-38-41-51(40-37-34-31-21-18-15-12-3)47-54(62)59(65)56(58(67-44-46-71(7,8)9)69-53(49-61)57(59)64)60-55(63)48-52(68-50-66-43-45-70(4,5)6)42-39-36-33-29-23-20-17-14-11-2/h51-53,56-58,61,64-65H,10-50H2,1-9H3,(H,60,63)/t51-,52+,53+,56+,57+,58-,59+/m0/s1. The topological polar surface area (TPSA) is 144 Å². The highest BCUT2D eigenvalue weighted by atomic mass is 28.3. The van der Waals surface area contributed by atoms with Crippen molar-refractivity contribution in [3.8, 4) is 0 Å². The van der Waals surface area contributed by atoms with Crippen LogP contribution in [0.15, 0.2) is 0 Å². The summed E-state index contributed by atoms with van der Waals surface area (Å²) in [4.78, 5) is 29.3. The number of carbonyl (C=O) groups excluding carboxylic acids is 2. The zero-order valence-electron chi connectivity index (χ0n) is 48.2. The summed E-state index contributed by atoms with van der Waals surface area (Å²) < 4.78 is 24.7. The predicted octanol–water partition coefficient (Wildman–Crippen LogP) is 15.2. The second-order valence-corrected chi connectivity index (χ2v) is 35.7. The highest BCUT2D eigenvalue weighted by Crippen LogP contribution is 2.36. The first-order valence-electron chi connectivity index (χ1n) is 30.3. The molecule has 4 N–H and O–H groups in total. The third-order valence-electron chi connectivity index (χ3n) is 15.0. The Morgan fingerprint density at radius 3 is 1.38 bits per heavy atom. The van der Waals surface area contributed by atoms with Crippen molar-refractivity contribution in [2.75, 3.05) is 26.6 Å². The molecule has 1 rings (SSSR count). The molecule has 0 spiro atoms. The minimum absolute atomic E-state index is 0.00365. The summed E-state index contributed by atoms with van der Waals surface area (Å²) >= 11 is 0. The van der Waals surface area contributed by atoms with E-state index in [1.807, 2.05) is 0 Å². The van der Waals surface area contributed by atoms with Crippen LogP contribution in [0.3, 0.4) is 0 Å². The van der Waals surface area contributed by atoms with Gasteiger partial charge in [-0.1, -0.05) is 266 Å². The number of Topliss-reactive ketones (excluding diaryl/α,β-unsaturated/α-hetero) is 1. The van der Waals surface area contributed by atoms with Crippen molar-refractivity contribution in [2.24, 2.45) is 5.92 Å². The number of ether oxygens (including phenoxy) is 4. The number of nitrogens with one attached hydrogen (secondary N) is 1. The number of ketones is 1. The maximum Gasteiger partial charge on any atom is 0.223 e. The van der Waals surface area contributed by atoms with Crippen LogP contribution in [-0.4, -0.2) is 106 Å². The van der Waals surface area contributed by atoms with E-state index in [1.54, 1.807) is 0 Å². The fourth-order valence-electron chi connectivity index (χ4n) is 10.0. The second-order valence-electron chi connectivity index (χ2n) is 24.5. The predicted molar refractivity (Wildman–Crippen MR) is 304 cm³/mol. The molecule has 1 aliphatic heterocycles. The highest BCUT2D eigenvalue weighted by molar-refractivity contribution is 6.76. The summed E-state index contributed by atoms with van der Waals surface area (Å²) in [6, 6.07) is 0.422. The Bertz CT molecular complexity index is 1260. The first-order valence-corrected chi connectivity index (χ1v) is 37.7. The van der Waals surface area contributed by atoms with E-state index < -0.39 is 70.7 Å². The van der Waals surface area contributed by atoms with E-state index in [2.05, 4.69) is 65.4 Å². The summed E-state index contributed by atoms with van der Waals surface area (Å²) in [6.45, 7) is 20.8. The van der Waals surface area contributed by atoms with Crippen LogP contribution in [-0.2, 0) is 28.5 Å². The molecule has 10 nitrogen and oxygen atoms in total. The number of aliphatic hydroxyl groups excluding tert-OH is 2. The Labute approximate surface area is 440 Å². The average Bonchev–Trinajstić information content (AvgIpc) is 3.31. The van der Waals surface area contributed by atoms with Crippen LogP contribution >= 0.6 is 0 Å². The lowest BCUT2D eigenvalue weighted by molar-refractivity contribution is -0.291. The van der Waals surface area contributed by atoms with Crippen LogP contribution in [0.5, 0.6) is 0 Å². The van der Waals surface area contributed by atoms with Gasteiger partial charge >= 0.3 is 0 Å². The first kappa shape index (κ1) is 68.3. The molecule has 0 bridgehead atoms. The molecule has 422 valence electrons. The summed E-state index contributed by atoms with van der Waals surface area (Å²) in [5, 5.41) is 38.3. The monoisotopic (exact) mass is 1040 g/mol. The molecule has 0 aromatic rings. The Morgan fingerprint density at radius 2 is 0.972 bits per heavy atom. The maximum absolute atomic E-state index is 14.9. The largest absolute Gasteiger partial charge is 0.394 e. The van der Waals surface area contributed by atoms with Gasteiger partial charge in [0.25, 0.3) is 0 Å². The SMILES string of the molecule is CCCCCCCCCCCCCCCC[C@H](CCCCCCCCC)CC(=O)[C@]1(O)[C@H](O)[C@@H](CO)O[C@H](OCC[Si](C)(C)C)[C@H]1NC(=O)C[C@@H](CCCCCCCCCCC)OCOCC[Si](C)(C)C. The van der Waals surface area contributed by atoms with Crippen LogP contribution in [0.2, 0.25) is 51.4 Å². The van der Waals surface area contributed by atoms with Gasteiger partial charge in [0.2, 0.25) is 5.91 Å². The zero-order chi connectivity index (χ0) is 52.6. The molecule has 0 saturated carbocycles. The summed E-state index contributed by atoms with van der Waals surface area (Å²) in [5.74, 6) is -0.907. The lowest BCUT2D eigenvalue weighted by Gasteiger charge is -2.49. The van der Waals surface area contributed by atoms with Crippen molar-refractivity contribution >= 4 is 27.8 Å². The molecule has 7 atom stereocenters. The Kier molecular flexibility index (Phi) is 40.8. The third kappa shape index (κ3) is 34.6. The first-order chi connectivity index (χ1) is 34.0. The molecule has 0 aromatic carbocycles. The number of hydrogen-bond donors (Lipinski definition) is 4. The Hall–Kier alpha value is -0.706. The molecular formula is C59H119NO9Si2. The molecule has 1 amide bonds. The number of hydrogen-bond acceptors (Lipinski definition) is 9. The third-order valence-corrected chi connectivity index (χ3v) is 18.4. The van der Waals surface area contributed by atoms with E-state index in [0.717, 1.165) is 69.9 Å². The average molecular weight is 1040 g/mol. The number of carbonyl (C=O) groups is 2. The highest BCUT2D eigenvalue weighted by Gasteiger charge is 2.60. The summed E-state index contributed by atoms with van der Waals surface area (Å²) in [6.07, 6.45) is 34.7. The molecule has 0 unspecified atom stereocenters. The van der Waals surface area contributed by atoms with Crippen LogP contribution in [0, 0.1) is 5.92 Å². The van der Waals surface area contributed by atoms with Gasteiger partial charge in [0.05, 0.1) is 19.1 Å². The number of unbranched alkanes of at least 4 members (excludes halogenated alkanes) is 27. The number of amides is 1. The molecule has 1 fully saturated rings. The molecule has 0 aliphatic carbocycles. The zero-order valence-corrected chi connectivity index (χ0v) is 50.2. The molecule has 0 radical (unpaired) electrons. The van der Waals surface area contributed by atoms with Crippen molar-refractivity contribution in [3.63, 3.8) is 0 Å². The molecule has 1 heterocycles. The van der Waals surface area contributed by atoms with Crippen molar-refractivity contribution in [1.29, 1.82) is 0 Å². The molecule has 1 saturated heterocycles. The molecule has 71 heavy (non-hydrogen) atoms. The number of rotatable bonds is 50. The van der Waals surface area contributed by atoms with E-state index in [0.29, 0.717) is 19.6 Å². The van der Waals surface area contributed by atoms with Gasteiger partial charge in [-0.25, -0.2) is 0 Å². The van der Waals surface area contributed by atoms with Crippen molar-refractivity contribution < 1.29 is 43.9 Å². The normalized spacial score (nSPS) is 20.6. The van der Waals surface area contributed by atoms with Gasteiger partial charge in [0, 0.05) is 35.8 Å². The molecule has 0 aromatic heterocycles. The Morgan fingerprint density at radius 1 is 0.577 bits per heavy atom. The van der Waals surface area contributed by atoms with Crippen LogP contribution in [0.1, 0.15) is 245 Å². The van der Waals surface area contributed by atoms with E-state index in [-0.39, 0.29) is 25.6 Å². The van der Waals surface area contributed by atoms with E-state index in [9.17, 15) is 24.9 Å². The maximum atomic E-state index is 14.9. The van der Waals surface area contributed by atoms with Gasteiger partial charge in [-0.3, -0.25) is 9.59 Å². The fourth-order valence-corrected chi connectivity index (χ4v) is 11.5. The van der Waals surface area contributed by atoms with Crippen LogP contribution < -0.4 is 5.32 Å². The second kappa shape index (κ2) is 42.4. The molecular weight excluding hydrogens is 923 g/mol. The number of aliphatic hydroxyl groups is 3. The summed E-state index contributed by atoms with van der Waals surface area (Å²) in [7, 11) is -2.87. The smallest absolute Gasteiger partial charge is 0.223 e. The van der Waals surface area contributed by atoms with Gasteiger partial charge in [-0.05, 0) is 24.4 Å². The molecule has 12 heteroatoms. The Balaban J connectivity index is 3.24. The van der Waals surface area contributed by atoms with Crippen molar-refractivity contribution in [3.05, 3.63) is 0 Å². The van der Waals surface area contributed by atoms with Gasteiger partial charge in [0.1, 0.15) is 25.0 Å². The van der Waals surface area contributed by atoms with E-state index in [4.69, 9.17) is 18.9 Å². The van der Waals surface area contributed by atoms with E-state index >= 15 is 0 Å². The van der Waals surface area contributed by atoms with Crippen LogP contribution in [0.4, 0.5) is 0 Å². The lowest BCUT2D eigenvalue weighted by Crippen LogP contribution is -2.75. The molecule has 1 aliphatic rings. The van der Waals surface area contributed by atoms with E-state index in [1.165, 1.54) is 148 Å². The van der Waals surface area contributed by atoms with Gasteiger partial charge < -0.3 is 39.6 Å². The van der Waals surface area contributed by atoms with Crippen molar-refractivity contribution in [2.45, 2.75) is 333 Å². The van der Waals surface area contributed by atoms with Gasteiger partial charge in [-0.2, -0.15) is 0 Å². The minimum Gasteiger partial charge on any atom is -0.394 e. The van der Waals surface area contributed by atoms with Gasteiger partial charge in [0.15, 0.2) is 17.7 Å². The summed E-state index contributed by atoms with van der Waals surface area (Å²) in [5.41, 5.74) is -2.44. The van der Waals surface area contributed by atoms with Gasteiger partial charge in [-0.15, -0.1) is 0 Å². The minimum atomic E-state index is -2.44. The quantitative estimate of drug-likeness (QED) is 0.0266. The lowest BCUT2D eigenvalue weighted by atomic mass is 9.75.